The maximum absolute atomic E-state index is 12.7. The van der Waals surface area contributed by atoms with Crippen molar-refractivity contribution >= 4 is 34.5 Å². The fourth-order valence-corrected chi connectivity index (χ4v) is 1.82. The van der Waals surface area contributed by atoms with Crippen LogP contribution in [0.3, 0.4) is 0 Å². The van der Waals surface area contributed by atoms with Crippen LogP contribution in [0.1, 0.15) is 15.9 Å². The number of carbonyl (C=O) groups excluding carboxylic acids is 1. The van der Waals surface area contributed by atoms with Gasteiger partial charge in [0.2, 0.25) is 0 Å². The Morgan fingerprint density at radius 3 is 2.22 bits per heavy atom. The van der Waals surface area contributed by atoms with Gasteiger partial charge in [-0.3, -0.25) is 4.79 Å². The lowest BCUT2D eigenvalue weighted by Crippen LogP contribution is -1.93. The number of rotatable bonds is 3. The molecule has 2 aromatic carbocycles. The monoisotopic (exact) mass is 352 g/mol. The molecule has 90 valence electrons. The summed E-state index contributed by atoms with van der Waals surface area (Å²) in [7, 11) is 0. The summed E-state index contributed by atoms with van der Waals surface area (Å²) in [6.07, 6.45) is 3.18. The normalized spacial score (nSPS) is 10.8. The Bertz CT molecular complexity index is 570. The number of carbonyl (C=O) groups is 1. The van der Waals surface area contributed by atoms with Gasteiger partial charge in [-0.2, -0.15) is 0 Å². The van der Waals surface area contributed by atoms with E-state index in [1.807, 2.05) is 12.1 Å². The molecule has 0 heterocycles. The van der Waals surface area contributed by atoms with Crippen molar-refractivity contribution in [1.82, 2.24) is 0 Å². The summed E-state index contributed by atoms with van der Waals surface area (Å²) in [6.45, 7) is 0. The molecule has 2 aromatic rings. The Kier molecular flexibility index (Phi) is 4.25. The highest BCUT2D eigenvalue weighted by Crippen LogP contribution is 2.09. The van der Waals surface area contributed by atoms with Gasteiger partial charge in [0.1, 0.15) is 5.82 Å². The molecule has 1 nitrogen and oxygen atoms in total. The molecule has 0 N–H and O–H groups in total. The van der Waals surface area contributed by atoms with E-state index in [9.17, 15) is 9.18 Å². The van der Waals surface area contributed by atoms with Crippen LogP contribution in [-0.4, -0.2) is 5.78 Å². The summed E-state index contributed by atoms with van der Waals surface area (Å²) in [4.78, 5) is 11.8. The summed E-state index contributed by atoms with van der Waals surface area (Å²) < 4.78 is 13.8. The van der Waals surface area contributed by atoms with Crippen molar-refractivity contribution in [3.63, 3.8) is 0 Å². The Hall–Kier alpha value is -1.49. The molecule has 3 heteroatoms. The fraction of sp³-hybridized carbons (Fsp3) is 0. The smallest absolute Gasteiger partial charge is 0.185 e. The third-order valence-corrected chi connectivity index (χ3v) is 3.15. The average molecular weight is 352 g/mol. The van der Waals surface area contributed by atoms with Crippen molar-refractivity contribution in [1.29, 1.82) is 0 Å². The van der Waals surface area contributed by atoms with Crippen LogP contribution < -0.4 is 0 Å². The molecule has 0 spiro atoms. The van der Waals surface area contributed by atoms with Crippen molar-refractivity contribution in [3.8, 4) is 0 Å². The lowest BCUT2D eigenvalue weighted by molar-refractivity contribution is 0.104. The maximum atomic E-state index is 12.7. The molecule has 0 radical (unpaired) electrons. The first-order valence-electron chi connectivity index (χ1n) is 5.39. The number of hydrogen-bond donors (Lipinski definition) is 0. The van der Waals surface area contributed by atoms with E-state index >= 15 is 0 Å². The second-order valence-corrected chi connectivity index (χ2v) is 5.00. The molecule has 0 aliphatic rings. The molecule has 0 aliphatic heterocycles. The number of hydrogen-bond acceptors (Lipinski definition) is 1. The molecule has 0 fully saturated rings. The topological polar surface area (TPSA) is 17.1 Å². The van der Waals surface area contributed by atoms with Crippen molar-refractivity contribution in [3.05, 3.63) is 75.1 Å². The van der Waals surface area contributed by atoms with Gasteiger partial charge in [-0.25, -0.2) is 4.39 Å². The molecule has 2 rings (SSSR count). The van der Waals surface area contributed by atoms with Crippen LogP contribution in [0.5, 0.6) is 0 Å². The van der Waals surface area contributed by atoms with Crippen LogP contribution in [0.15, 0.2) is 54.6 Å². The van der Waals surface area contributed by atoms with Crippen LogP contribution in [0.25, 0.3) is 6.08 Å². The zero-order valence-corrected chi connectivity index (χ0v) is 11.6. The first-order chi connectivity index (χ1) is 8.65. The van der Waals surface area contributed by atoms with Crippen LogP contribution in [0, 0.1) is 9.39 Å². The maximum Gasteiger partial charge on any atom is 0.185 e. The zero-order chi connectivity index (χ0) is 13.0. The summed E-state index contributed by atoms with van der Waals surface area (Å²) in [5.41, 5.74) is 1.45. The molecule has 0 bridgehead atoms. The van der Waals surface area contributed by atoms with E-state index in [1.54, 1.807) is 30.3 Å². The highest BCUT2D eigenvalue weighted by atomic mass is 127. The third-order valence-electron chi connectivity index (χ3n) is 2.43. The zero-order valence-electron chi connectivity index (χ0n) is 9.44. The molecule has 0 atom stereocenters. The molecule has 0 aromatic heterocycles. The van der Waals surface area contributed by atoms with Gasteiger partial charge in [-0.15, -0.1) is 0 Å². The molecule has 0 unspecified atom stereocenters. The number of halogens is 2. The summed E-state index contributed by atoms with van der Waals surface area (Å²) in [5, 5.41) is 0. The molecule has 0 saturated heterocycles. The van der Waals surface area contributed by atoms with Crippen molar-refractivity contribution in [2.75, 3.05) is 0 Å². The highest BCUT2D eigenvalue weighted by Gasteiger charge is 2.00. The van der Waals surface area contributed by atoms with E-state index in [-0.39, 0.29) is 11.6 Å². The van der Waals surface area contributed by atoms with E-state index in [4.69, 9.17) is 0 Å². The van der Waals surface area contributed by atoms with Crippen molar-refractivity contribution in [2.24, 2.45) is 0 Å². The Morgan fingerprint density at radius 1 is 1.00 bits per heavy atom. The number of ketones is 1. The van der Waals surface area contributed by atoms with Crippen molar-refractivity contribution < 1.29 is 9.18 Å². The van der Waals surface area contributed by atoms with E-state index in [1.165, 1.54) is 18.2 Å². The van der Waals surface area contributed by atoms with Gasteiger partial charge in [0.15, 0.2) is 5.78 Å². The minimum absolute atomic E-state index is 0.0595. The molecule has 0 amide bonds. The predicted octanol–water partition coefficient (Wildman–Crippen LogP) is 4.33. The lowest BCUT2D eigenvalue weighted by atomic mass is 10.1. The average Bonchev–Trinajstić information content (AvgIpc) is 2.38. The minimum Gasteiger partial charge on any atom is -0.289 e. The lowest BCUT2D eigenvalue weighted by Gasteiger charge is -1.96. The first kappa shape index (κ1) is 13.0. The summed E-state index contributed by atoms with van der Waals surface area (Å²) in [5.74, 6) is -0.341. The molecular formula is C15H10FIO. The van der Waals surface area contributed by atoms with Crippen LogP contribution in [0.4, 0.5) is 4.39 Å². The fourth-order valence-electron chi connectivity index (χ4n) is 1.46. The minimum atomic E-state index is -0.281. The van der Waals surface area contributed by atoms with E-state index < -0.39 is 0 Å². The largest absolute Gasteiger partial charge is 0.289 e. The van der Waals surface area contributed by atoms with Crippen LogP contribution in [0.2, 0.25) is 0 Å². The van der Waals surface area contributed by atoms with Gasteiger partial charge in [0.25, 0.3) is 0 Å². The second kappa shape index (κ2) is 5.91. The molecule has 0 aliphatic carbocycles. The van der Waals surface area contributed by atoms with E-state index in [0.717, 1.165) is 9.13 Å². The Balaban J connectivity index is 2.11. The van der Waals surface area contributed by atoms with Gasteiger partial charge in [0, 0.05) is 9.13 Å². The van der Waals surface area contributed by atoms with Gasteiger partial charge in [-0.1, -0.05) is 30.3 Å². The summed E-state index contributed by atoms with van der Waals surface area (Å²) >= 11 is 2.19. The molecular weight excluding hydrogens is 342 g/mol. The standard InChI is InChI=1S/C15H10FIO/c16-13-6-1-11(2-7-13)3-10-15(18)12-4-8-14(17)9-5-12/h1-10H/b10-3+. The van der Waals surface area contributed by atoms with Crippen LogP contribution in [-0.2, 0) is 0 Å². The first-order valence-corrected chi connectivity index (χ1v) is 6.46. The Labute approximate surface area is 118 Å². The van der Waals surface area contributed by atoms with E-state index in [0.29, 0.717) is 5.56 Å². The van der Waals surface area contributed by atoms with Gasteiger partial charge >= 0.3 is 0 Å². The van der Waals surface area contributed by atoms with Gasteiger partial charge in [0.05, 0.1) is 0 Å². The number of allylic oxidation sites excluding steroid dienone is 1. The predicted molar refractivity (Wildman–Crippen MR) is 78.9 cm³/mol. The SMILES string of the molecule is O=C(/C=C/c1ccc(F)cc1)c1ccc(I)cc1. The highest BCUT2D eigenvalue weighted by molar-refractivity contribution is 14.1. The molecule has 0 saturated carbocycles. The quantitative estimate of drug-likeness (QED) is 0.457. The summed E-state index contributed by atoms with van der Waals surface area (Å²) in [6, 6.07) is 13.4. The third kappa shape index (κ3) is 3.50. The van der Waals surface area contributed by atoms with Gasteiger partial charge < -0.3 is 0 Å². The number of benzene rings is 2. The molecule has 18 heavy (non-hydrogen) atoms. The Morgan fingerprint density at radius 2 is 1.61 bits per heavy atom. The van der Waals surface area contributed by atoms with Gasteiger partial charge in [-0.05, 0) is 58.5 Å². The van der Waals surface area contributed by atoms with Crippen LogP contribution >= 0.6 is 22.6 Å². The van der Waals surface area contributed by atoms with Crippen molar-refractivity contribution in [2.45, 2.75) is 0 Å². The van der Waals surface area contributed by atoms with E-state index in [2.05, 4.69) is 22.6 Å². The second-order valence-electron chi connectivity index (χ2n) is 3.76.